The number of allylic oxidation sites excluding steroid dienone is 1. The maximum atomic E-state index is 12.5. The van der Waals surface area contributed by atoms with Crippen molar-refractivity contribution in [2.45, 2.75) is 4.90 Å². The Morgan fingerprint density at radius 1 is 0.875 bits per heavy atom. The van der Waals surface area contributed by atoms with Crippen molar-refractivity contribution in [3.8, 4) is 22.6 Å². The van der Waals surface area contributed by atoms with Crippen molar-refractivity contribution >= 4 is 45.1 Å². The molecular weight excluding hydrogens is 473 g/mol. The molecule has 0 atom stereocenters. The molecule has 0 saturated carbocycles. The highest BCUT2D eigenvalue weighted by molar-refractivity contribution is 7.89. The van der Waals surface area contributed by atoms with E-state index in [9.17, 15) is 13.2 Å². The molecule has 2 N–H and O–H groups in total. The van der Waals surface area contributed by atoms with E-state index >= 15 is 0 Å². The Kier molecular flexibility index (Phi) is 6.08. The third-order valence-electron chi connectivity index (χ3n) is 4.56. The highest BCUT2D eigenvalue weighted by Crippen LogP contribution is 2.34. The summed E-state index contributed by atoms with van der Waals surface area (Å²) in [4.78, 5) is 12.5. The van der Waals surface area contributed by atoms with Crippen molar-refractivity contribution in [3.05, 3.63) is 94.4 Å². The number of sulfonamides is 1. The van der Waals surface area contributed by atoms with E-state index in [0.29, 0.717) is 38.5 Å². The van der Waals surface area contributed by atoms with Crippen molar-refractivity contribution in [1.29, 1.82) is 0 Å². The lowest BCUT2D eigenvalue weighted by Crippen LogP contribution is -2.11. The van der Waals surface area contributed by atoms with Crippen LogP contribution in [0.1, 0.15) is 16.3 Å². The van der Waals surface area contributed by atoms with Crippen LogP contribution in [0.4, 0.5) is 0 Å². The molecule has 0 amide bonds. The number of carbonyl (C=O) groups is 1. The fourth-order valence-electron chi connectivity index (χ4n) is 2.96. The van der Waals surface area contributed by atoms with E-state index in [1.165, 1.54) is 24.3 Å². The average Bonchev–Trinajstić information content (AvgIpc) is 3.43. The lowest BCUT2D eigenvalue weighted by molar-refractivity contribution is 0.102. The van der Waals surface area contributed by atoms with Gasteiger partial charge < -0.3 is 8.83 Å². The topological polar surface area (TPSA) is 104 Å². The van der Waals surface area contributed by atoms with Crippen LogP contribution >= 0.6 is 23.2 Å². The number of rotatable bonds is 6. The molecule has 6 nitrogen and oxygen atoms in total. The third-order valence-corrected chi connectivity index (χ3v) is 6.31. The van der Waals surface area contributed by atoms with Gasteiger partial charge in [-0.25, -0.2) is 13.6 Å². The van der Waals surface area contributed by atoms with Crippen LogP contribution < -0.4 is 5.14 Å². The number of nitrogens with two attached hydrogens (primary N) is 1. The van der Waals surface area contributed by atoms with Crippen LogP contribution in [-0.2, 0) is 10.0 Å². The summed E-state index contributed by atoms with van der Waals surface area (Å²) < 4.78 is 34.1. The summed E-state index contributed by atoms with van der Waals surface area (Å²) in [6.45, 7) is 0. The molecule has 0 aliphatic carbocycles. The van der Waals surface area contributed by atoms with Crippen LogP contribution in [0.15, 0.2) is 86.5 Å². The zero-order valence-electron chi connectivity index (χ0n) is 16.3. The molecule has 0 aliphatic rings. The van der Waals surface area contributed by atoms with Crippen LogP contribution in [0.2, 0.25) is 10.0 Å². The molecule has 0 unspecified atom stereocenters. The number of carbonyl (C=O) groups excluding carboxylic acids is 1. The van der Waals surface area contributed by atoms with Gasteiger partial charge in [-0.2, -0.15) is 0 Å². The minimum Gasteiger partial charge on any atom is -0.457 e. The second kappa shape index (κ2) is 8.80. The summed E-state index contributed by atoms with van der Waals surface area (Å²) in [5.41, 5.74) is 1.25. The first-order chi connectivity index (χ1) is 15.2. The van der Waals surface area contributed by atoms with E-state index in [2.05, 4.69) is 0 Å². The largest absolute Gasteiger partial charge is 0.457 e. The molecule has 4 aromatic rings. The molecule has 0 fully saturated rings. The van der Waals surface area contributed by atoms with Crippen molar-refractivity contribution in [1.82, 2.24) is 0 Å². The van der Waals surface area contributed by atoms with Crippen molar-refractivity contribution < 1.29 is 22.0 Å². The predicted molar refractivity (Wildman–Crippen MR) is 123 cm³/mol. The molecule has 32 heavy (non-hydrogen) atoms. The van der Waals surface area contributed by atoms with Crippen LogP contribution in [0.3, 0.4) is 0 Å². The van der Waals surface area contributed by atoms with Crippen molar-refractivity contribution in [3.63, 3.8) is 0 Å². The van der Waals surface area contributed by atoms with Crippen molar-refractivity contribution in [2.75, 3.05) is 0 Å². The summed E-state index contributed by atoms with van der Waals surface area (Å²) in [7, 11) is -3.76. The summed E-state index contributed by atoms with van der Waals surface area (Å²) in [5, 5.41) is 5.84. The Morgan fingerprint density at radius 2 is 1.59 bits per heavy atom. The third kappa shape index (κ3) is 4.71. The Labute approximate surface area is 193 Å². The molecule has 0 saturated heterocycles. The standard InChI is InChI=1S/C23H15Cl2NO5S/c24-18-3-1-2-17(23(18)25)21-12-13-22(31-21)19(27)10-6-15-7-11-20(30-15)14-4-8-16(9-5-14)32(26,28)29/h1-13H,(H2,26,28,29). The molecule has 2 aromatic carbocycles. The highest BCUT2D eigenvalue weighted by atomic mass is 35.5. The van der Waals surface area contributed by atoms with E-state index in [4.69, 9.17) is 37.2 Å². The van der Waals surface area contributed by atoms with Gasteiger partial charge in [0.2, 0.25) is 15.8 Å². The molecular formula is C23H15Cl2NO5S. The van der Waals surface area contributed by atoms with Gasteiger partial charge in [0.25, 0.3) is 0 Å². The SMILES string of the molecule is NS(=O)(=O)c1ccc(-c2ccc(C=CC(=O)c3ccc(-c4cccc(Cl)c4Cl)o3)o2)cc1. The lowest BCUT2D eigenvalue weighted by Gasteiger charge is -2.02. The fourth-order valence-corrected chi connectivity index (χ4v) is 3.86. The Balaban J connectivity index is 1.49. The summed E-state index contributed by atoms with van der Waals surface area (Å²) in [6.07, 6.45) is 2.84. The Morgan fingerprint density at radius 3 is 2.31 bits per heavy atom. The smallest absolute Gasteiger partial charge is 0.238 e. The number of primary sulfonamides is 1. The number of hydrogen-bond donors (Lipinski definition) is 1. The normalized spacial score (nSPS) is 11.8. The van der Waals surface area contributed by atoms with Gasteiger partial charge in [0.05, 0.1) is 14.9 Å². The Bertz CT molecular complexity index is 1430. The first kappa shape index (κ1) is 22.1. The van der Waals surface area contributed by atoms with Crippen LogP contribution in [0, 0.1) is 0 Å². The van der Waals surface area contributed by atoms with E-state index in [1.54, 1.807) is 54.6 Å². The maximum Gasteiger partial charge on any atom is 0.238 e. The fraction of sp³-hybridized carbons (Fsp3) is 0. The van der Waals surface area contributed by atoms with Gasteiger partial charge in [-0.1, -0.05) is 29.3 Å². The highest BCUT2D eigenvalue weighted by Gasteiger charge is 2.14. The minimum absolute atomic E-state index is 0.00963. The van der Waals surface area contributed by atoms with Gasteiger partial charge in [0, 0.05) is 11.1 Å². The summed E-state index contributed by atoms with van der Waals surface area (Å²) in [5.74, 6) is 1.16. The van der Waals surface area contributed by atoms with E-state index in [0.717, 1.165) is 0 Å². The molecule has 4 rings (SSSR count). The van der Waals surface area contributed by atoms with E-state index in [1.807, 2.05) is 0 Å². The molecule has 2 aromatic heterocycles. The van der Waals surface area contributed by atoms with Gasteiger partial charge in [0.1, 0.15) is 17.3 Å². The van der Waals surface area contributed by atoms with E-state index < -0.39 is 10.0 Å². The van der Waals surface area contributed by atoms with Crippen LogP contribution in [-0.4, -0.2) is 14.2 Å². The lowest BCUT2D eigenvalue weighted by atomic mass is 10.2. The van der Waals surface area contributed by atoms with Crippen LogP contribution in [0.5, 0.6) is 0 Å². The van der Waals surface area contributed by atoms with E-state index in [-0.39, 0.29) is 16.4 Å². The Hall–Kier alpha value is -3.10. The second-order valence-electron chi connectivity index (χ2n) is 6.73. The predicted octanol–water partition coefficient (Wildman–Crippen LogP) is 6.06. The molecule has 0 aliphatic heterocycles. The second-order valence-corrected chi connectivity index (χ2v) is 9.08. The van der Waals surface area contributed by atoms with Gasteiger partial charge in [-0.3, -0.25) is 4.79 Å². The van der Waals surface area contributed by atoms with Crippen molar-refractivity contribution in [2.24, 2.45) is 5.14 Å². The monoisotopic (exact) mass is 487 g/mol. The average molecular weight is 488 g/mol. The zero-order valence-corrected chi connectivity index (χ0v) is 18.6. The molecule has 9 heteroatoms. The van der Waals surface area contributed by atoms with Gasteiger partial charge in [-0.15, -0.1) is 0 Å². The minimum atomic E-state index is -3.76. The number of ketones is 1. The molecule has 162 valence electrons. The van der Waals surface area contributed by atoms with Gasteiger partial charge >= 0.3 is 0 Å². The molecule has 0 radical (unpaired) electrons. The van der Waals surface area contributed by atoms with Gasteiger partial charge in [-0.05, 0) is 72.8 Å². The number of halogens is 2. The number of furan rings is 2. The van der Waals surface area contributed by atoms with Crippen LogP contribution in [0.25, 0.3) is 28.7 Å². The first-order valence-electron chi connectivity index (χ1n) is 9.22. The summed E-state index contributed by atoms with van der Waals surface area (Å²) >= 11 is 12.2. The molecule has 0 bridgehead atoms. The number of hydrogen-bond acceptors (Lipinski definition) is 5. The first-order valence-corrected chi connectivity index (χ1v) is 11.5. The summed E-state index contributed by atoms with van der Waals surface area (Å²) in [6, 6.07) is 17.7. The zero-order chi connectivity index (χ0) is 22.9. The molecule has 0 spiro atoms. The number of benzene rings is 2. The van der Waals surface area contributed by atoms with Gasteiger partial charge in [0.15, 0.2) is 5.76 Å². The molecule has 2 heterocycles. The quantitative estimate of drug-likeness (QED) is 0.263. The maximum absolute atomic E-state index is 12.5.